The van der Waals surface area contributed by atoms with Crippen LogP contribution in [0.2, 0.25) is 0 Å². The highest BCUT2D eigenvalue weighted by Crippen LogP contribution is 2.17. The van der Waals surface area contributed by atoms with Crippen LogP contribution in [-0.2, 0) is 14.8 Å². The zero-order valence-corrected chi connectivity index (χ0v) is 16.9. The number of nitrogens with one attached hydrogen (secondary N) is 1. The number of tetrazole rings is 1. The third-order valence-electron chi connectivity index (χ3n) is 4.90. The largest absolute Gasteiger partial charge is 0.376 e. The number of carbonyl (C=O) groups excluding carboxylic acids is 1. The van der Waals surface area contributed by atoms with E-state index >= 15 is 0 Å². The maximum absolute atomic E-state index is 12.7. The molecule has 1 aliphatic rings. The predicted molar refractivity (Wildman–Crippen MR) is 109 cm³/mol. The van der Waals surface area contributed by atoms with Gasteiger partial charge in [-0.1, -0.05) is 18.2 Å². The topological polar surface area (TPSA) is 113 Å². The average Bonchev–Trinajstić information content (AvgIpc) is 3.33. The van der Waals surface area contributed by atoms with E-state index in [0.717, 1.165) is 11.4 Å². The van der Waals surface area contributed by atoms with E-state index in [1.54, 1.807) is 35.2 Å². The number of piperazine rings is 1. The Morgan fingerprint density at radius 1 is 0.967 bits per heavy atom. The summed E-state index contributed by atoms with van der Waals surface area (Å²) in [5.74, 6) is -0.0729. The lowest BCUT2D eigenvalue weighted by Gasteiger charge is -2.34. The molecule has 0 bridgehead atoms. The first kappa shape index (κ1) is 20.0. The van der Waals surface area contributed by atoms with Crippen LogP contribution in [0.4, 0.5) is 5.69 Å². The number of aromatic nitrogens is 4. The molecule has 11 heteroatoms. The van der Waals surface area contributed by atoms with Crippen LogP contribution < -0.4 is 5.32 Å². The zero-order chi connectivity index (χ0) is 21.0. The van der Waals surface area contributed by atoms with E-state index in [2.05, 4.69) is 20.8 Å². The number of hydrogen-bond donors (Lipinski definition) is 1. The van der Waals surface area contributed by atoms with Crippen molar-refractivity contribution in [3.05, 3.63) is 60.9 Å². The summed E-state index contributed by atoms with van der Waals surface area (Å²) in [7, 11) is -3.53. The molecule has 1 N–H and O–H groups in total. The fraction of sp³-hybridized carbons (Fsp3) is 0.263. The van der Waals surface area contributed by atoms with Gasteiger partial charge in [0.1, 0.15) is 6.33 Å². The second kappa shape index (κ2) is 8.59. The maximum Gasteiger partial charge on any atom is 0.243 e. The molecule has 1 fully saturated rings. The van der Waals surface area contributed by atoms with Crippen molar-refractivity contribution < 1.29 is 13.2 Å². The molecule has 30 heavy (non-hydrogen) atoms. The Hall–Kier alpha value is -3.31. The minimum Gasteiger partial charge on any atom is -0.376 e. The number of anilines is 1. The van der Waals surface area contributed by atoms with E-state index in [1.807, 2.05) is 24.3 Å². The van der Waals surface area contributed by atoms with Gasteiger partial charge in [0.2, 0.25) is 15.9 Å². The van der Waals surface area contributed by atoms with Crippen molar-refractivity contribution in [3.8, 4) is 5.69 Å². The summed E-state index contributed by atoms with van der Waals surface area (Å²) in [4.78, 5) is 14.5. The van der Waals surface area contributed by atoms with Crippen molar-refractivity contribution in [3.63, 3.8) is 0 Å². The number of nitrogens with zero attached hydrogens (tertiary/aromatic N) is 6. The van der Waals surface area contributed by atoms with Crippen LogP contribution in [0.5, 0.6) is 0 Å². The third-order valence-corrected chi connectivity index (χ3v) is 6.81. The number of hydrogen-bond acceptors (Lipinski definition) is 7. The molecule has 10 nitrogen and oxygen atoms in total. The van der Waals surface area contributed by atoms with Crippen LogP contribution in [0.1, 0.15) is 0 Å². The van der Waals surface area contributed by atoms with E-state index in [1.165, 1.54) is 15.3 Å². The molecular formula is C19H21N7O3S. The van der Waals surface area contributed by atoms with Crippen molar-refractivity contribution in [2.45, 2.75) is 4.90 Å². The second-order valence-electron chi connectivity index (χ2n) is 6.75. The van der Waals surface area contributed by atoms with E-state index < -0.39 is 10.0 Å². The van der Waals surface area contributed by atoms with Gasteiger partial charge in [0.25, 0.3) is 0 Å². The Bertz CT molecular complexity index is 1080. The average molecular weight is 427 g/mol. The summed E-state index contributed by atoms with van der Waals surface area (Å²) >= 11 is 0. The molecule has 0 unspecified atom stereocenters. The Kier molecular flexibility index (Phi) is 5.72. The van der Waals surface area contributed by atoms with Gasteiger partial charge in [-0.25, -0.2) is 13.1 Å². The van der Waals surface area contributed by atoms with Crippen LogP contribution in [0, 0.1) is 0 Å². The standard InChI is InChI=1S/C19H21N7O3S/c27-19(14-20-16-6-8-17(9-7-16)26-15-21-22-23-26)24-10-12-25(13-11-24)30(28,29)18-4-2-1-3-5-18/h1-9,15,20H,10-14H2. The zero-order valence-electron chi connectivity index (χ0n) is 16.1. The molecule has 156 valence electrons. The lowest BCUT2D eigenvalue weighted by Crippen LogP contribution is -2.51. The van der Waals surface area contributed by atoms with Crippen LogP contribution in [0.3, 0.4) is 0 Å². The molecular weight excluding hydrogens is 406 g/mol. The van der Waals surface area contributed by atoms with Crippen LogP contribution in [0.15, 0.2) is 65.8 Å². The highest BCUT2D eigenvalue weighted by Gasteiger charge is 2.29. The fourth-order valence-corrected chi connectivity index (χ4v) is 4.66. The van der Waals surface area contributed by atoms with Crippen LogP contribution >= 0.6 is 0 Å². The van der Waals surface area contributed by atoms with Gasteiger partial charge in [0, 0.05) is 31.9 Å². The first-order chi connectivity index (χ1) is 14.5. The van der Waals surface area contributed by atoms with Gasteiger partial charge < -0.3 is 10.2 Å². The summed E-state index contributed by atoms with van der Waals surface area (Å²) in [5, 5.41) is 14.1. The molecule has 0 radical (unpaired) electrons. The van der Waals surface area contributed by atoms with Crippen LogP contribution in [-0.4, -0.2) is 76.5 Å². The van der Waals surface area contributed by atoms with Gasteiger partial charge in [0.05, 0.1) is 17.1 Å². The van der Waals surface area contributed by atoms with Gasteiger partial charge >= 0.3 is 0 Å². The fourth-order valence-electron chi connectivity index (χ4n) is 3.22. The lowest BCUT2D eigenvalue weighted by atomic mass is 10.2. The highest BCUT2D eigenvalue weighted by molar-refractivity contribution is 7.89. The molecule has 2 aromatic carbocycles. The molecule has 2 heterocycles. The minimum atomic E-state index is -3.53. The third kappa shape index (κ3) is 4.31. The number of sulfonamides is 1. The maximum atomic E-state index is 12.7. The lowest BCUT2D eigenvalue weighted by molar-refractivity contribution is -0.130. The Morgan fingerprint density at radius 3 is 2.30 bits per heavy atom. The number of carbonyl (C=O) groups is 1. The quantitative estimate of drug-likeness (QED) is 0.613. The Balaban J connectivity index is 1.28. The number of amides is 1. The predicted octanol–water partition coefficient (Wildman–Crippen LogP) is 0.607. The molecule has 1 amide bonds. The van der Waals surface area contributed by atoms with Crippen molar-refractivity contribution in [2.75, 3.05) is 38.0 Å². The molecule has 3 aromatic rings. The molecule has 1 saturated heterocycles. The summed E-state index contributed by atoms with van der Waals surface area (Å²) < 4.78 is 28.3. The summed E-state index contributed by atoms with van der Waals surface area (Å²) in [6.07, 6.45) is 1.50. The van der Waals surface area contributed by atoms with Crippen molar-refractivity contribution >= 4 is 21.6 Å². The van der Waals surface area contributed by atoms with E-state index in [-0.39, 0.29) is 30.4 Å². The first-order valence-electron chi connectivity index (χ1n) is 9.44. The van der Waals surface area contributed by atoms with Gasteiger partial charge in [-0.3, -0.25) is 4.79 Å². The second-order valence-corrected chi connectivity index (χ2v) is 8.69. The number of benzene rings is 2. The molecule has 1 aromatic heterocycles. The molecule has 4 rings (SSSR count). The summed E-state index contributed by atoms with van der Waals surface area (Å²) in [6, 6.07) is 15.7. The minimum absolute atomic E-state index is 0.0729. The van der Waals surface area contributed by atoms with E-state index in [9.17, 15) is 13.2 Å². The molecule has 1 aliphatic heterocycles. The van der Waals surface area contributed by atoms with Crippen molar-refractivity contribution in [2.24, 2.45) is 0 Å². The monoisotopic (exact) mass is 427 g/mol. The normalized spacial score (nSPS) is 15.1. The van der Waals surface area contributed by atoms with Gasteiger partial charge in [-0.2, -0.15) is 4.31 Å². The van der Waals surface area contributed by atoms with Crippen molar-refractivity contribution in [1.29, 1.82) is 0 Å². The summed E-state index contributed by atoms with van der Waals surface area (Å²) in [5.41, 5.74) is 1.61. The molecule has 0 saturated carbocycles. The SMILES string of the molecule is O=C(CNc1ccc(-n2cnnn2)cc1)N1CCN(S(=O)(=O)c2ccccc2)CC1. The van der Waals surface area contributed by atoms with E-state index in [0.29, 0.717) is 13.1 Å². The smallest absolute Gasteiger partial charge is 0.243 e. The van der Waals surface area contributed by atoms with Crippen molar-refractivity contribution in [1.82, 2.24) is 29.4 Å². The Labute approximate surface area is 174 Å². The number of rotatable bonds is 6. The highest BCUT2D eigenvalue weighted by atomic mass is 32.2. The van der Waals surface area contributed by atoms with Crippen LogP contribution in [0.25, 0.3) is 5.69 Å². The van der Waals surface area contributed by atoms with E-state index in [4.69, 9.17) is 0 Å². The van der Waals surface area contributed by atoms with Gasteiger partial charge in [0.15, 0.2) is 0 Å². The van der Waals surface area contributed by atoms with Gasteiger partial charge in [-0.15, -0.1) is 5.10 Å². The Morgan fingerprint density at radius 2 is 1.67 bits per heavy atom. The molecule has 0 atom stereocenters. The van der Waals surface area contributed by atoms with Gasteiger partial charge in [-0.05, 0) is 46.8 Å². The summed E-state index contributed by atoms with van der Waals surface area (Å²) in [6.45, 7) is 1.43. The molecule has 0 spiro atoms. The first-order valence-corrected chi connectivity index (χ1v) is 10.9. The molecule has 0 aliphatic carbocycles.